The molecule has 4 heteroatoms. The lowest BCUT2D eigenvalue weighted by molar-refractivity contribution is 0.0988. The first-order valence-electron chi connectivity index (χ1n) is 6.71. The second kappa shape index (κ2) is 7.04. The minimum atomic E-state index is -0.522. The van der Waals surface area contributed by atoms with E-state index >= 15 is 0 Å². The molecule has 0 bridgehead atoms. The summed E-state index contributed by atoms with van der Waals surface area (Å²) in [7, 11) is 0. The third-order valence-corrected chi connectivity index (χ3v) is 3.11. The normalized spacial score (nSPS) is 9.64. The second-order valence-corrected chi connectivity index (χ2v) is 4.65. The fraction of sp³-hybridized carbons (Fsp3) is 0. The van der Waals surface area contributed by atoms with Gasteiger partial charge in [-0.25, -0.2) is 0 Å². The molecule has 3 aromatic rings. The highest BCUT2D eigenvalue weighted by molar-refractivity contribution is 5.96. The maximum atomic E-state index is 10.6. The monoisotopic (exact) mass is 292 g/mol. The second-order valence-electron chi connectivity index (χ2n) is 4.65. The summed E-state index contributed by atoms with van der Waals surface area (Å²) in [6, 6.07) is 22.6. The minimum Gasteiger partial charge on any atom is -0.366 e. The molecule has 0 aromatic heterocycles. The molecular formula is C18H16N2O2. The molecule has 22 heavy (non-hydrogen) atoms. The van der Waals surface area contributed by atoms with E-state index < -0.39 is 11.8 Å². The number of hydrogen-bond acceptors (Lipinski definition) is 2. The fourth-order valence-electron chi connectivity index (χ4n) is 1.93. The summed E-state index contributed by atoms with van der Waals surface area (Å²) >= 11 is 0. The van der Waals surface area contributed by atoms with Crippen LogP contribution in [0.5, 0.6) is 0 Å². The molecule has 3 rings (SSSR count). The molecule has 0 heterocycles. The predicted octanol–water partition coefficient (Wildman–Crippen LogP) is 2.72. The van der Waals surface area contributed by atoms with Crippen molar-refractivity contribution < 1.29 is 9.59 Å². The summed E-state index contributed by atoms with van der Waals surface area (Å²) in [5.41, 5.74) is 10.7. The van der Waals surface area contributed by atoms with Crippen LogP contribution in [0.15, 0.2) is 72.8 Å². The van der Waals surface area contributed by atoms with E-state index in [1.807, 2.05) is 0 Å². The summed E-state index contributed by atoms with van der Waals surface area (Å²) in [5.74, 6) is -1.04. The average molecular weight is 292 g/mol. The number of amides is 2. The van der Waals surface area contributed by atoms with E-state index in [1.165, 1.54) is 35.0 Å². The van der Waals surface area contributed by atoms with E-state index in [1.54, 1.807) is 0 Å². The Labute approximate surface area is 128 Å². The highest BCUT2D eigenvalue weighted by Crippen LogP contribution is 2.11. The zero-order chi connectivity index (χ0) is 15.9. The van der Waals surface area contributed by atoms with Gasteiger partial charge in [-0.05, 0) is 35.0 Å². The molecule has 0 aliphatic rings. The van der Waals surface area contributed by atoms with Gasteiger partial charge < -0.3 is 11.5 Å². The molecule has 0 aliphatic heterocycles. The van der Waals surface area contributed by atoms with Crippen molar-refractivity contribution in [1.82, 2.24) is 0 Å². The van der Waals surface area contributed by atoms with Gasteiger partial charge >= 0.3 is 0 Å². The lowest BCUT2D eigenvalue weighted by atomic mass is 10.1. The van der Waals surface area contributed by atoms with Gasteiger partial charge in [0.05, 0.1) is 0 Å². The van der Waals surface area contributed by atoms with Gasteiger partial charge in [0.25, 0.3) is 0 Å². The molecule has 0 atom stereocenters. The van der Waals surface area contributed by atoms with Crippen molar-refractivity contribution >= 4 is 22.6 Å². The van der Waals surface area contributed by atoms with E-state index in [4.69, 9.17) is 11.5 Å². The molecule has 0 unspecified atom stereocenters. The van der Waals surface area contributed by atoms with Crippen molar-refractivity contribution in [3.63, 3.8) is 0 Å². The number of nitrogens with two attached hydrogens (primary N) is 2. The number of fused-ring (bicyclic) bond motifs is 1. The Kier molecular flexibility index (Phi) is 4.88. The van der Waals surface area contributed by atoms with Crippen LogP contribution in [0.2, 0.25) is 0 Å². The van der Waals surface area contributed by atoms with Crippen LogP contribution in [-0.2, 0) is 0 Å². The van der Waals surface area contributed by atoms with E-state index in [2.05, 4.69) is 48.5 Å². The van der Waals surface area contributed by atoms with Gasteiger partial charge in [0.15, 0.2) is 0 Å². The van der Waals surface area contributed by atoms with Crippen LogP contribution in [0.25, 0.3) is 10.8 Å². The van der Waals surface area contributed by atoms with E-state index in [9.17, 15) is 9.59 Å². The zero-order valence-electron chi connectivity index (χ0n) is 11.9. The van der Waals surface area contributed by atoms with Gasteiger partial charge in [0.2, 0.25) is 11.8 Å². The summed E-state index contributed by atoms with van der Waals surface area (Å²) < 4.78 is 0. The maximum Gasteiger partial charge on any atom is 0.248 e. The third-order valence-electron chi connectivity index (χ3n) is 3.11. The van der Waals surface area contributed by atoms with Crippen molar-refractivity contribution in [1.29, 1.82) is 0 Å². The van der Waals surface area contributed by atoms with Crippen molar-refractivity contribution in [2.24, 2.45) is 11.5 Å². The first-order valence-corrected chi connectivity index (χ1v) is 6.71. The largest absolute Gasteiger partial charge is 0.366 e. The standard InChI is InChI=1S/C10H8.C8H8N2O2/c1-2-6-10-8-4-3-7-9(10)5-1;9-7(11)5-1-2-6(4-3-5)8(10)12/h1-8H;1-4H,(H2,9,11)(H2,10,12). The molecule has 0 saturated heterocycles. The maximum absolute atomic E-state index is 10.6. The Morgan fingerprint density at radius 2 is 0.818 bits per heavy atom. The van der Waals surface area contributed by atoms with Crippen LogP contribution >= 0.6 is 0 Å². The van der Waals surface area contributed by atoms with Crippen LogP contribution in [0.4, 0.5) is 0 Å². The fourth-order valence-corrected chi connectivity index (χ4v) is 1.93. The Bertz CT molecular complexity index is 697. The highest BCUT2D eigenvalue weighted by atomic mass is 16.1. The summed E-state index contributed by atoms with van der Waals surface area (Å²) in [5, 5.41) is 2.62. The van der Waals surface area contributed by atoms with Crippen molar-refractivity contribution in [2.75, 3.05) is 0 Å². The van der Waals surface area contributed by atoms with Crippen molar-refractivity contribution in [3.05, 3.63) is 83.9 Å². The van der Waals surface area contributed by atoms with E-state index in [0.717, 1.165) is 0 Å². The van der Waals surface area contributed by atoms with Crippen LogP contribution in [0, 0.1) is 0 Å². The quantitative estimate of drug-likeness (QED) is 0.761. The molecule has 3 aromatic carbocycles. The van der Waals surface area contributed by atoms with Gasteiger partial charge in [0, 0.05) is 11.1 Å². The van der Waals surface area contributed by atoms with Crippen LogP contribution in [0.1, 0.15) is 20.7 Å². The van der Waals surface area contributed by atoms with E-state index in [0.29, 0.717) is 11.1 Å². The van der Waals surface area contributed by atoms with Crippen LogP contribution in [0.3, 0.4) is 0 Å². The van der Waals surface area contributed by atoms with Crippen molar-refractivity contribution in [3.8, 4) is 0 Å². The van der Waals surface area contributed by atoms with Gasteiger partial charge in [-0.1, -0.05) is 48.5 Å². The number of rotatable bonds is 2. The molecule has 0 fully saturated rings. The molecule has 0 saturated carbocycles. The van der Waals surface area contributed by atoms with Gasteiger partial charge in [-0.15, -0.1) is 0 Å². The molecular weight excluding hydrogens is 276 g/mol. The lowest BCUT2D eigenvalue weighted by Crippen LogP contribution is -2.13. The number of hydrogen-bond donors (Lipinski definition) is 2. The number of benzene rings is 3. The number of carbonyl (C=O) groups is 2. The van der Waals surface area contributed by atoms with Crippen LogP contribution < -0.4 is 11.5 Å². The topological polar surface area (TPSA) is 86.2 Å². The summed E-state index contributed by atoms with van der Waals surface area (Å²) in [4.78, 5) is 21.2. The Hall–Kier alpha value is -3.14. The third kappa shape index (κ3) is 3.93. The number of carbonyl (C=O) groups excluding carboxylic acids is 2. The van der Waals surface area contributed by atoms with Crippen LogP contribution in [-0.4, -0.2) is 11.8 Å². The average Bonchev–Trinajstić information content (AvgIpc) is 2.55. The molecule has 110 valence electrons. The molecule has 4 N–H and O–H groups in total. The molecule has 0 aliphatic carbocycles. The first-order chi connectivity index (χ1) is 10.6. The summed E-state index contributed by atoms with van der Waals surface area (Å²) in [6.45, 7) is 0. The minimum absolute atomic E-state index is 0.361. The molecule has 0 spiro atoms. The van der Waals surface area contributed by atoms with Gasteiger partial charge in [0.1, 0.15) is 0 Å². The zero-order valence-corrected chi connectivity index (χ0v) is 11.9. The predicted molar refractivity (Wildman–Crippen MR) is 87.4 cm³/mol. The smallest absolute Gasteiger partial charge is 0.248 e. The molecule has 0 radical (unpaired) electrons. The first kappa shape index (κ1) is 15.3. The Morgan fingerprint density at radius 3 is 1.05 bits per heavy atom. The molecule has 2 amide bonds. The Balaban J connectivity index is 0.000000162. The number of primary amides is 2. The van der Waals surface area contributed by atoms with Gasteiger partial charge in [-0.2, -0.15) is 0 Å². The highest BCUT2D eigenvalue weighted by Gasteiger charge is 2.02. The Morgan fingerprint density at radius 1 is 0.545 bits per heavy atom. The van der Waals surface area contributed by atoms with Crippen molar-refractivity contribution in [2.45, 2.75) is 0 Å². The van der Waals surface area contributed by atoms with Gasteiger partial charge in [-0.3, -0.25) is 9.59 Å². The SMILES string of the molecule is NC(=O)c1ccc(C(N)=O)cc1.c1ccc2ccccc2c1. The van der Waals surface area contributed by atoms with E-state index in [-0.39, 0.29) is 0 Å². The summed E-state index contributed by atoms with van der Waals surface area (Å²) in [6.07, 6.45) is 0. The lowest BCUT2D eigenvalue weighted by Gasteiger charge is -1.96. The molecule has 4 nitrogen and oxygen atoms in total.